The van der Waals surface area contributed by atoms with Crippen LogP contribution in [0.15, 0.2) is 11.8 Å². The van der Waals surface area contributed by atoms with Crippen LogP contribution in [0.4, 0.5) is 0 Å². The third-order valence-electron chi connectivity index (χ3n) is 1.43. The summed E-state index contributed by atoms with van der Waals surface area (Å²) in [6, 6.07) is 0. The van der Waals surface area contributed by atoms with Gasteiger partial charge in [0.25, 0.3) is 5.91 Å². The van der Waals surface area contributed by atoms with Crippen molar-refractivity contribution < 1.29 is 14.3 Å². The Morgan fingerprint density at radius 3 is 2.31 bits per heavy atom. The summed E-state index contributed by atoms with van der Waals surface area (Å²) < 4.78 is 4.94. The zero-order valence-electron chi connectivity index (χ0n) is 9.42. The average Bonchev–Trinajstić information content (AvgIpc) is 2.15. The number of amides is 1. The van der Waals surface area contributed by atoms with Gasteiger partial charge in [0, 0.05) is 0 Å². The van der Waals surface area contributed by atoms with Gasteiger partial charge in [0.15, 0.2) is 4.84 Å². The van der Waals surface area contributed by atoms with Crippen LogP contribution in [0, 0.1) is 0 Å². The van der Waals surface area contributed by atoms with Crippen molar-refractivity contribution in [3.8, 4) is 0 Å². The zero-order chi connectivity index (χ0) is 12.7. The van der Waals surface area contributed by atoms with Crippen molar-refractivity contribution in [3.05, 3.63) is 11.8 Å². The maximum absolute atomic E-state index is 11.5. The standard InChI is InChI=1S/C10H15Cl2NO3/c1-4-5-7(10(15)16-6(2)3)13-9(14)8(11)12/h5-6,8H,4H2,1-3H3,(H,13,14)/b7-5-. The number of carbonyl (C=O) groups excluding carboxylic acids is 2. The van der Waals surface area contributed by atoms with Crippen LogP contribution in [0.1, 0.15) is 27.2 Å². The first-order chi connectivity index (χ1) is 7.38. The van der Waals surface area contributed by atoms with Crippen LogP contribution < -0.4 is 5.32 Å². The number of ether oxygens (including phenoxy) is 1. The van der Waals surface area contributed by atoms with Crippen molar-refractivity contribution in [2.45, 2.75) is 38.1 Å². The normalized spacial score (nSPS) is 11.8. The van der Waals surface area contributed by atoms with Gasteiger partial charge in [0.1, 0.15) is 5.70 Å². The molecule has 0 spiro atoms. The highest BCUT2D eigenvalue weighted by Gasteiger charge is 2.18. The molecule has 0 aromatic rings. The predicted molar refractivity (Wildman–Crippen MR) is 63.2 cm³/mol. The summed E-state index contributed by atoms with van der Waals surface area (Å²) in [5.41, 5.74) is 0.0625. The van der Waals surface area contributed by atoms with E-state index in [2.05, 4.69) is 5.32 Å². The van der Waals surface area contributed by atoms with E-state index in [0.717, 1.165) is 0 Å². The van der Waals surface area contributed by atoms with Crippen molar-refractivity contribution >= 4 is 35.1 Å². The quantitative estimate of drug-likeness (QED) is 0.472. The SMILES string of the molecule is CC/C=C(\NC(=O)C(Cl)Cl)C(=O)OC(C)C. The monoisotopic (exact) mass is 267 g/mol. The van der Waals surface area contributed by atoms with Gasteiger partial charge in [-0.25, -0.2) is 4.79 Å². The molecule has 0 bridgehead atoms. The first kappa shape index (κ1) is 15.3. The van der Waals surface area contributed by atoms with E-state index >= 15 is 0 Å². The maximum atomic E-state index is 11.5. The number of carbonyl (C=O) groups is 2. The van der Waals surface area contributed by atoms with Crippen LogP contribution in [0.5, 0.6) is 0 Å². The number of esters is 1. The lowest BCUT2D eigenvalue weighted by atomic mass is 10.3. The topological polar surface area (TPSA) is 55.4 Å². The molecule has 1 amide bonds. The molecule has 4 nitrogen and oxygen atoms in total. The van der Waals surface area contributed by atoms with E-state index in [1.807, 2.05) is 6.92 Å². The van der Waals surface area contributed by atoms with Gasteiger partial charge < -0.3 is 10.1 Å². The van der Waals surface area contributed by atoms with Gasteiger partial charge in [-0.1, -0.05) is 36.2 Å². The second-order valence-corrected chi connectivity index (χ2v) is 4.37. The van der Waals surface area contributed by atoms with Gasteiger partial charge in [0.05, 0.1) is 6.10 Å². The lowest BCUT2D eigenvalue weighted by Gasteiger charge is -2.12. The van der Waals surface area contributed by atoms with Crippen molar-refractivity contribution in [1.82, 2.24) is 5.32 Å². The minimum atomic E-state index is -1.22. The molecular weight excluding hydrogens is 253 g/mol. The van der Waals surface area contributed by atoms with Crippen LogP contribution in [0.3, 0.4) is 0 Å². The van der Waals surface area contributed by atoms with Gasteiger partial charge in [-0.15, -0.1) is 0 Å². The summed E-state index contributed by atoms with van der Waals surface area (Å²) in [6.45, 7) is 5.26. The maximum Gasteiger partial charge on any atom is 0.354 e. The molecule has 0 radical (unpaired) electrons. The Bertz CT molecular complexity index is 288. The van der Waals surface area contributed by atoms with Crippen LogP contribution >= 0.6 is 23.2 Å². The van der Waals surface area contributed by atoms with Gasteiger partial charge in [-0.2, -0.15) is 0 Å². The predicted octanol–water partition coefficient (Wildman–Crippen LogP) is 2.15. The largest absolute Gasteiger partial charge is 0.458 e. The Labute approximate surface area is 105 Å². The molecule has 0 heterocycles. The van der Waals surface area contributed by atoms with Gasteiger partial charge >= 0.3 is 5.97 Å². The lowest BCUT2D eigenvalue weighted by Crippen LogP contribution is -2.33. The Hall–Kier alpha value is -0.740. The highest BCUT2D eigenvalue weighted by atomic mass is 35.5. The van der Waals surface area contributed by atoms with Crippen molar-refractivity contribution in [3.63, 3.8) is 0 Å². The van der Waals surface area contributed by atoms with Crippen LogP contribution in [0.2, 0.25) is 0 Å². The molecule has 0 aliphatic carbocycles. The van der Waals surface area contributed by atoms with E-state index < -0.39 is 16.7 Å². The molecule has 16 heavy (non-hydrogen) atoms. The summed E-state index contributed by atoms with van der Waals surface area (Å²) in [6.07, 6.45) is 1.86. The molecule has 0 aromatic carbocycles. The van der Waals surface area contributed by atoms with E-state index in [-0.39, 0.29) is 11.8 Å². The number of rotatable bonds is 5. The van der Waals surface area contributed by atoms with Crippen LogP contribution in [0.25, 0.3) is 0 Å². The van der Waals surface area contributed by atoms with Crippen LogP contribution in [-0.4, -0.2) is 22.8 Å². The summed E-state index contributed by atoms with van der Waals surface area (Å²) >= 11 is 10.7. The number of hydrogen-bond donors (Lipinski definition) is 1. The van der Waals surface area contributed by atoms with Crippen LogP contribution in [-0.2, 0) is 14.3 Å². The smallest absolute Gasteiger partial charge is 0.354 e. The van der Waals surface area contributed by atoms with E-state index in [4.69, 9.17) is 27.9 Å². The zero-order valence-corrected chi connectivity index (χ0v) is 10.9. The molecule has 1 N–H and O–H groups in total. The van der Waals surface area contributed by atoms with Gasteiger partial charge in [-0.3, -0.25) is 4.79 Å². The number of allylic oxidation sites excluding steroid dienone is 1. The summed E-state index contributed by atoms with van der Waals surface area (Å²) in [7, 11) is 0. The molecule has 0 saturated heterocycles. The Balaban J connectivity index is 4.57. The fourth-order valence-electron chi connectivity index (χ4n) is 0.854. The number of nitrogens with one attached hydrogen (secondary N) is 1. The Morgan fingerprint density at radius 2 is 1.94 bits per heavy atom. The van der Waals surface area contributed by atoms with Crippen molar-refractivity contribution in [2.24, 2.45) is 0 Å². The summed E-state index contributed by atoms with van der Waals surface area (Å²) in [5.74, 6) is -1.25. The highest BCUT2D eigenvalue weighted by Crippen LogP contribution is 2.05. The average molecular weight is 268 g/mol. The molecule has 92 valence electrons. The number of alkyl halides is 2. The summed E-state index contributed by atoms with van der Waals surface area (Å²) in [5, 5.41) is 2.31. The fourth-order valence-corrected chi connectivity index (χ4v) is 0.963. The van der Waals surface area contributed by atoms with Gasteiger partial charge in [0.2, 0.25) is 0 Å². The van der Waals surface area contributed by atoms with Gasteiger partial charge in [-0.05, 0) is 20.3 Å². The minimum absolute atomic E-state index is 0.0625. The van der Waals surface area contributed by atoms with Crippen molar-refractivity contribution in [1.29, 1.82) is 0 Å². The molecule has 0 saturated carbocycles. The van der Waals surface area contributed by atoms with Crippen molar-refractivity contribution in [2.75, 3.05) is 0 Å². The minimum Gasteiger partial charge on any atom is -0.458 e. The molecule has 0 aromatic heterocycles. The number of halogens is 2. The Morgan fingerprint density at radius 1 is 1.38 bits per heavy atom. The molecule has 0 atom stereocenters. The van der Waals surface area contributed by atoms with E-state index in [0.29, 0.717) is 6.42 Å². The van der Waals surface area contributed by atoms with E-state index in [1.165, 1.54) is 0 Å². The third-order valence-corrected chi connectivity index (χ3v) is 1.82. The highest BCUT2D eigenvalue weighted by molar-refractivity contribution is 6.53. The first-order valence-electron chi connectivity index (χ1n) is 4.88. The molecule has 0 unspecified atom stereocenters. The molecule has 0 aliphatic rings. The van der Waals surface area contributed by atoms with E-state index in [9.17, 15) is 9.59 Å². The molecular formula is C10H15Cl2NO3. The second kappa shape index (κ2) is 7.52. The second-order valence-electron chi connectivity index (χ2n) is 3.27. The first-order valence-corrected chi connectivity index (χ1v) is 5.75. The Kier molecular flexibility index (Phi) is 7.17. The molecule has 0 aliphatic heterocycles. The molecule has 0 rings (SSSR count). The lowest BCUT2D eigenvalue weighted by molar-refractivity contribution is -0.144. The summed E-state index contributed by atoms with van der Waals surface area (Å²) in [4.78, 5) is 21.5. The van der Waals surface area contributed by atoms with E-state index in [1.54, 1.807) is 19.9 Å². The fraction of sp³-hybridized carbons (Fsp3) is 0.600. The molecule has 6 heteroatoms. The number of hydrogen-bond acceptors (Lipinski definition) is 3. The third kappa shape index (κ3) is 5.98. The molecule has 0 fully saturated rings.